The lowest BCUT2D eigenvalue weighted by Gasteiger charge is -2.09. The van der Waals surface area contributed by atoms with Crippen molar-refractivity contribution < 1.29 is 9.53 Å². The Bertz CT molecular complexity index is 1130. The van der Waals surface area contributed by atoms with Gasteiger partial charge >= 0.3 is 0 Å². The van der Waals surface area contributed by atoms with Gasteiger partial charge in [-0.3, -0.25) is 4.79 Å². The molecule has 7 heteroatoms. The summed E-state index contributed by atoms with van der Waals surface area (Å²) in [5, 5.41) is 13.4. The molecule has 1 N–H and O–H groups in total. The normalized spacial score (nSPS) is 10.9. The predicted molar refractivity (Wildman–Crippen MR) is 121 cm³/mol. The molecule has 0 aliphatic rings. The first-order chi connectivity index (χ1) is 14.4. The van der Waals surface area contributed by atoms with Crippen molar-refractivity contribution in [1.82, 2.24) is 0 Å². The second-order valence-electron chi connectivity index (χ2n) is 6.23. The molecule has 3 aromatic rings. The number of nitriles is 1. The van der Waals surface area contributed by atoms with Gasteiger partial charge in [0.2, 0.25) is 0 Å². The molecule has 0 bridgehead atoms. The zero-order valence-electron chi connectivity index (χ0n) is 15.5. The maximum atomic E-state index is 12.5. The van der Waals surface area contributed by atoms with Crippen LogP contribution >= 0.6 is 34.8 Å². The first-order valence-corrected chi connectivity index (χ1v) is 9.93. The largest absolute Gasteiger partial charge is 0.489 e. The molecule has 0 atom stereocenters. The fourth-order valence-corrected chi connectivity index (χ4v) is 3.33. The van der Waals surface area contributed by atoms with E-state index in [4.69, 9.17) is 39.5 Å². The van der Waals surface area contributed by atoms with Crippen LogP contribution in [0.3, 0.4) is 0 Å². The maximum Gasteiger partial charge on any atom is 0.266 e. The molecule has 150 valence electrons. The number of nitrogens with one attached hydrogen (secondary N) is 1. The lowest BCUT2D eigenvalue weighted by molar-refractivity contribution is -0.112. The van der Waals surface area contributed by atoms with Crippen LogP contribution in [-0.2, 0) is 11.4 Å². The number of hydrogen-bond donors (Lipinski definition) is 1. The van der Waals surface area contributed by atoms with Crippen LogP contribution in [0.15, 0.2) is 72.3 Å². The summed E-state index contributed by atoms with van der Waals surface area (Å²) < 4.78 is 5.78. The van der Waals surface area contributed by atoms with Crippen molar-refractivity contribution in [3.8, 4) is 11.8 Å². The van der Waals surface area contributed by atoms with Crippen LogP contribution in [0.1, 0.15) is 11.1 Å². The van der Waals surface area contributed by atoms with Crippen LogP contribution in [0, 0.1) is 11.3 Å². The minimum atomic E-state index is -0.571. The molecule has 3 aromatic carbocycles. The SMILES string of the molecule is N#C/C(=C\c1cccc(OCc2ccccc2Cl)c1)C(=O)Nc1cc(Cl)cc(Cl)c1. The third-order valence-corrected chi connectivity index (χ3v) is 4.81. The lowest BCUT2D eigenvalue weighted by atomic mass is 10.1. The molecule has 0 radical (unpaired) electrons. The van der Waals surface area contributed by atoms with Crippen molar-refractivity contribution in [2.45, 2.75) is 6.61 Å². The Morgan fingerprint density at radius 1 is 1.00 bits per heavy atom. The van der Waals surface area contributed by atoms with Crippen LogP contribution in [0.5, 0.6) is 5.75 Å². The van der Waals surface area contributed by atoms with Crippen molar-refractivity contribution in [3.05, 3.63) is 98.5 Å². The van der Waals surface area contributed by atoms with Crippen molar-refractivity contribution in [3.63, 3.8) is 0 Å². The van der Waals surface area contributed by atoms with Crippen molar-refractivity contribution in [2.24, 2.45) is 0 Å². The molecule has 30 heavy (non-hydrogen) atoms. The van der Waals surface area contributed by atoms with Gasteiger partial charge in [0, 0.05) is 26.3 Å². The van der Waals surface area contributed by atoms with Crippen LogP contribution in [0.4, 0.5) is 5.69 Å². The van der Waals surface area contributed by atoms with Crippen LogP contribution in [0.25, 0.3) is 6.08 Å². The second kappa shape index (κ2) is 10.2. The number of hydrogen-bond acceptors (Lipinski definition) is 3. The molecule has 0 unspecified atom stereocenters. The summed E-state index contributed by atoms with van der Waals surface area (Å²) >= 11 is 18.0. The first kappa shape index (κ1) is 21.7. The summed E-state index contributed by atoms with van der Waals surface area (Å²) in [4.78, 5) is 12.5. The number of rotatable bonds is 6. The van der Waals surface area contributed by atoms with Gasteiger partial charge in [0.15, 0.2) is 0 Å². The number of benzene rings is 3. The number of anilines is 1. The van der Waals surface area contributed by atoms with Gasteiger partial charge in [-0.2, -0.15) is 5.26 Å². The Hall–Kier alpha value is -2.97. The van der Waals surface area contributed by atoms with E-state index < -0.39 is 5.91 Å². The van der Waals surface area contributed by atoms with Gasteiger partial charge in [-0.1, -0.05) is 65.1 Å². The van der Waals surface area contributed by atoms with Crippen LogP contribution in [-0.4, -0.2) is 5.91 Å². The Morgan fingerprint density at radius 3 is 2.43 bits per heavy atom. The van der Waals surface area contributed by atoms with Gasteiger partial charge in [0.05, 0.1) is 0 Å². The monoisotopic (exact) mass is 456 g/mol. The average molecular weight is 458 g/mol. The highest BCUT2D eigenvalue weighted by Gasteiger charge is 2.11. The van der Waals surface area contributed by atoms with Crippen molar-refractivity contribution in [1.29, 1.82) is 5.26 Å². The number of nitrogens with zero attached hydrogens (tertiary/aromatic N) is 1. The van der Waals surface area contributed by atoms with Crippen LogP contribution in [0.2, 0.25) is 15.1 Å². The molecule has 0 aliphatic carbocycles. The Labute approximate surface area is 189 Å². The quantitative estimate of drug-likeness (QED) is 0.328. The summed E-state index contributed by atoms with van der Waals surface area (Å²) in [5.74, 6) is 0.0150. The van der Waals surface area contributed by atoms with Gasteiger partial charge in [0.1, 0.15) is 24.0 Å². The third kappa shape index (κ3) is 6.01. The number of carbonyl (C=O) groups excluding carboxylic acids is 1. The highest BCUT2D eigenvalue weighted by molar-refractivity contribution is 6.35. The molecular weight excluding hydrogens is 443 g/mol. The molecular formula is C23H15Cl3N2O2. The Kier molecular flexibility index (Phi) is 7.37. The fraction of sp³-hybridized carbons (Fsp3) is 0.0435. The van der Waals surface area contributed by atoms with E-state index in [0.29, 0.717) is 38.7 Å². The van der Waals surface area contributed by atoms with Gasteiger partial charge in [0.25, 0.3) is 5.91 Å². The molecule has 1 amide bonds. The van der Waals surface area contributed by atoms with E-state index in [1.54, 1.807) is 48.5 Å². The van der Waals surface area contributed by atoms with E-state index in [1.165, 1.54) is 6.08 Å². The fourth-order valence-electron chi connectivity index (χ4n) is 2.61. The first-order valence-electron chi connectivity index (χ1n) is 8.80. The number of amides is 1. The van der Waals surface area contributed by atoms with E-state index in [1.807, 2.05) is 24.3 Å². The second-order valence-corrected chi connectivity index (χ2v) is 7.51. The van der Waals surface area contributed by atoms with E-state index in [0.717, 1.165) is 5.56 Å². The Balaban J connectivity index is 1.74. The van der Waals surface area contributed by atoms with Crippen molar-refractivity contribution in [2.75, 3.05) is 5.32 Å². The van der Waals surface area contributed by atoms with Gasteiger partial charge in [-0.05, 0) is 48.0 Å². The summed E-state index contributed by atoms with van der Waals surface area (Å²) in [5.41, 5.74) is 1.82. The third-order valence-electron chi connectivity index (χ3n) is 4.01. The maximum absolute atomic E-state index is 12.5. The van der Waals surface area contributed by atoms with E-state index in [9.17, 15) is 10.1 Å². The van der Waals surface area contributed by atoms with E-state index >= 15 is 0 Å². The number of halogens is 3. The highest BCUT2D eigenvalue weighted by atomic mass is 35.5. The molecule has 0 aliphatic heterocycles. The van der Waals surface area contributed by atoms with Crippen LogP contribution < -0.4 is 10.1 Å². The number of carbonyl (C=O) groups is 1. The summed E-state index contributed by atoms with van der Waals surface area (Å²) in [6.07, 6.45) is 1.48. The molecule has 0 aromatic heterocycles. The minimum Gasteiger partial charge on any atom is -0.489 e. The topological polar surface area (TPSA) is 62.1 Å². The predicted octanol–water partition coefficient (Wildman–Crippen LogP) is 6.77. The standard InChI is InChI=1S/C23H15Cl3N2O2/c24-18-10-19(25)12-20(11-18)28-23(29)17(13-27)8-15-4-3-6-21(9-15)30-14-16-5-1-2-7-22(16)26/h1-12H,14H2,(H,28,29)/b17-8+. The lowest BCUT2D eigenvalue weighted by Crippen LogP contribution is -2.13. The smallest absolute Gasteiger partial charge is 0.266 e. The average Bonchev–Trinajstić information content (AvgIpc) is 2.71. The molecule has 0 heterocycles. The van der Waals surface area contributed by atoms with Crippen molar-refractivity contribution >= 4 is 52.5 Å². The number of ether oxygens (including phenoxy) is 1. The summed E-state index contributed by atoms with van der Waals surface area (Å²) in [6.45, 7) is 0.300. The molecule has 4 nitrogen and oxygen atoms in total. The molecule has 0 spiro atoms. The highest BCUT2D eigenvalue weighted by Crippen LogP contribution is 2.24. The van der Waals surface area contributed by atoms with Gasteiger partial charge < -0.3 is 10.1 Å². The zero-order chi connectivity index (χ0) is 21.5. The van der Waals surface area contributed by atoms with Gasteiger partial charge in [-0.25, -0.2) is 0 Å². The molecule has 3 rings (SSSR count). The molecule has 0 fully saturated rings. The molecule has 0 saturated carbocycles. The molecule has 0 saturated heterocycles. The zero-order valence-corrected chi connectivity index (χ0v) is 17.8. The summed E-state index contributed by atoms with van der Waals surface area (Å²) in [7, 11) is 0. The van der Waals surface area contributed by atoms with E-state index in [-0.39, 0.29) is 5.57 Å². The Morgan fingerprint density at radius 2 is 1.73 bits per heavy atom. The summed E-state index contributed by atoms with van der Waals surface area (Å²) in [6, 6.07) is 21.0. The van der Waals surface area contributed by atoms with Gasteiger partial charge in [-0.15, -0.1) is 0 Å². The minimum absolute atomic E-state index is 0.0747. The van der Waals surface area contributed by atoms with E-state index in [2.05, 4.69) is 5.32 Å².